The predicted molar refractivity (Wildman–Crippen MR) is 113 cm³/mol. The van der Waals surface area contributed by atoms with E-state index in [9.17, 15) is 8.42 Å². The molecule has 2 aromatic carbocycles. The fraction of sp³-hybridized carbons (Fsp3) is 0.364. The fourth-order valence-corrected chi connectivity index (χ4v) is 4.88. The van der Waals surface area contributed by atoms with Gasteiger partial charge in [-0.05, 0) is 48.2 Å². The second-order valence-electron chi connectivity index (χ2n) is 6.56. The van der Waals surface area contributed by atoms with Gasteiger partial charge in [0, 0.05) is 13.1 Å². The van der Waals surface area contributed by atoms with E-state index in [-0.39, 0.29) is 0 Å². The van der Waals surface area contributed by atoms with Crippen LogP contribution < -0.4 is 9.47 Å². The van der Waals surface area contributed by atoms with Gasteiger partial charge >= 0.3 is 0 Å². The summed E-state index contributed by atoms with van der Waals surface area (Å²) in [5.74, 6) is 1.48. The number of rotatable bonds is 11. The highest BCUT2D eigenvalue weighted by molar-refractivity contribution is 7.89. The van der Waals surface area contributed by atoms with Crippen LogP contribution in [0.5, 0.6) is 11.5 Å². The Morgan fingerprint density at radius 3 is 1.68 bits per heavy atom. The average molecular weight is 404 g/mol. The third-order valence-corrected chi connectivity index (χ3v) is 7.05. The number of methoxy groups -OCH3 is 2. The standard InChI is InChI=1S/C22H29NO4S/c1-5-7-22(6-2)28(24,25)23(16-18-8-12-20(26-3)13-9-18)17-19-10-14-21(27-4)15-11-19/h5,8-15,22H,1,6-7,16-17H2,2-4H3/t22-/m1/s1. The summed E-state index contributed by atoms with van der Waals surface area (Å²) in [6, 6.07) is 14.9. The third kappa shape index (κ3) is 5.59. The molecule has 0 fully saturated rings. The Kier molecular flexibility index (Phi) is 8.08. The monoisotopic (exact) mass is 403 g/mol. The van der Waals surface area contributed by atoms with Gasteiger partial charge in [0.2, 0.25) is 10.0 Å². The van der Waals surface area contributed by atoms with Crippen LogP contribution in [-0.4, -0.2) is 32.2 Å². The lowest BCUT2D eigenvalue weighted by Crippen LogP contribution is -2.37. The van der Waals surface area contributed by atoms with E-state index in [0.29, 0.717) is 25.9 Å². The first-order valence-electron chi connectivity index (χ1n) is 9.30. The van der Waals surface area contributed by atoms with Crippen molar-refractivity contribution in [3.05, 3.63) is 72.3 Å². The van der Waals surface area contributed by atoms with E-state index < -0.39 is 15.3 Å². The molecule has 0 amide bonds. The molecule has 0 aliphatic carbocycles. The van der Waals surface area contributed by atoms with Crippen molar-refractivity contribution in [3.63, 3.8) is 0 Å². The minimum Gasteiger partial charge on any atom is -0.497 e. The van der Waals surface area contributed by atoms with Gasteiger partial charge in [0.15, 0.2) is 0 Å². The largest absolute Gasteiger partial charge is 0.497 e. The summed E-state index contributed by atoms with van der Waals surface area (Å²) in [4.78, 5) is 0. The predicted octanol–water partition coefficient (Wildman–Crippen LogP) is 4.39. The van der Waals surface area contributed by atoms with Crippen molar-refractivity contribution in [1.82, 2.24) is 4.31 Å². The maximum absolute atomic E-state index is 13.3. The van der Waals surface area contributed by atoms with E-state index in [1.807, 2.05) is 55.5 Å². The summed E-state index contributed by atoms with van der Waals surface area (Å²) < 4.78 is 38.6. The zero-order valence-electron chi connectivity index (χ0n) is 16.8. The highest BCUT2D eigenvalue weighted by atomic mass is 32.2. The molecule has 0 radical (unpaired) electrons. The molecule has 0 bridgehead atoms. The molecule has 0 heterocycles. The quantitative estimate of drug-likeness (QED) is 0.522. The topological polar surface area (TPSA) is 55.8 Å². The molecule has 0 saturated carbocycles. The van der Waals surface area contributed by atoms with Crippen LogP contribution in [-0.2, 0) is 23.1 Å². The number of ether oxygens (including phenoxy) is 2. The Hall–Kier alpha value is -2.31. The Labute approximate surface area is 168 Å². The lowest BCUT2D eigenvalue weighted by atomic mass is 10.2. The first-order valence-corrected chi connectivity index (χ1v) is 10.8. The van der Waals surface area contributed by atoms with Gasteiger partial charge in [-0.3, -0.25) is 0 Å². The van der Waals surface area contributed by atoms with Crippen molar-refractivity contribution in [2.45, 2.75) is 38.1 Å². The van der Waals surface area contributed by atoms with Crippen molar-refractivity contribution in [2.75, 3.05) is 14.2 Å². The number of hydrogen-bond acceptors (Lipinski definition) is 4. The van der Waals surface area contributed by atoms with E-state index in [1.165, 1.54) is 0 Å². The van der Waals surface area contributed by atoms with E-state index in [1.54, 1.807) is 24.6 Å². The first-order chi connectivity index (χ1) is 13.4. The lowest BCUT2D eigenvalue weighted by Gasteiger charge is -2.27. The number of nitrogens with zero attached hydrogens (tertiary/aromatic N) is 1. The molecule has 0 aliphatic rings. The van der Waals surface area contributed by atoms with Gasteiger partial charge in [-0.25, -0.2) is 8.42 Å². The van der Waals surface area contributed by atoms with Crippen LogP contribution in [0.1, 0.15) is 30.9 Å². The maximum Gasteiger partial charge on any atom is 0.217 e. The minimum absolute atomic E-state index is 0.298. The van der Waals surface area contributed by atoms with E-state index in [4.69, 9.17) is 9.47 Å². The van der Waals surface area contributed by atoms with Crippen molar-refractivity contribution in [3.8, 4) is 11.5 Å². The van der Waals surface area contributed by atoms with Crippen LogP contribution in [0.15, 0.2) is 61.2 Å². The molecule has 28 heavy (non-hydrogen) atoms. The summed E-state index contributed by atoms with van der Waals surface area (Å²) in [5.41, 5.74) is 1.82. The van der Waals surface area contributed by atoms with E-state index in [2.05, 4.69) is 6.58 Å². The first kappa shape index (κ1) is 22.0. The third-order valence-electron chi connectivity index (χ3n) is 4.70. The molecule has 0 unspecified atom stereocenters. The lowest BCUT2D eigenvalue weighted by molar-refractivity contribution is 0.389. The Morgan fingerprint density at radius 2 is 1.36 bits per heavy atom. The van der Waals surface area contributed by atoms with Crippen molar-refractivity contribution in [1.29, 1.82) is 0 Å². The summed E-state index contributed by atoms with van der Waals surface area (Å²) >= 11 is 0. The van der Waals surface area contributed by atoms with Gasteiger partial charge in [0.05, 0.1) is 19.5 Å². The van der Waals surface area contributed by atoms with Gasteiger partial charge in [-0.15, -0.1) is 6.58 Å². The summed E-state index contributed by atoms with van der Waals surface area (Å²) in [7, 11) is -0.288. The molecular weight excluding hydrogens is 374 g/mol. The van der Waals surface area contributed by atoms with Crippen LogP contribution in [0, 0.1) is 0 Å². The highest BCUT2D eigenvalue weighted by Gasteiger charge is 2.30. The Balaban J connectivity index is 2.33. The smallest absolute Gasteiger partial charge is 0.217 e. The number of hydrogen-bond donors (Lipinski definition) is 0. The zero-order valence-corrected chi connectivity index (χ0v) is 17.6. The Morgan fingerprint density at radius 1 is 0.929 bits per heavy atom. The number of sulfonamides is 1. The molecule has 1 atom stereocenters. The SMILES string of the molecule is C=CC[C@@H](CC)S(=O)(=O)N(Cc1ccc(OC)cc1)Cc1ccc(OC)cc1. The molecule has 6 heteroatoms. The van der Waals surface area contributed by atoms with Gasteiger partial charge in [0.1, 0.15) is 11.5 Å². The number of benzene rings is 2. The molecule has 2 aromatic rings. The van der Waals surface area contributed by atoms with E-state index in [0.717, 1.165) is 22.6 Å². The molecule has 0 N–H and O–H groups in total. The van der Waals surface area contributed by atoms with Crippen LogP contribution in [0.4, 0.5) is 0 Å². The highest BCUT2D eigenvalue weighted by Crippen LogP contribution is 2.23. The molecule has 5 nitrogen and oxygen atoms in total. The summed E-state index contributed by atoms with van der Waals surface area (Å²) in [6.07, 6.45) is 2.64. The van der Waals surface area contributed by atoms with E-state index >= 15 is 0 Å². The number of allylic oxidation sites excluding steroid dienone is 1. The molecule has 0 aliphatic heterocycles. The van der Waals surface area contributed by atoms with Gasteiger partial charge in [-0.2, -0.15) is 4.31 Å². The summed E-state index contributed by atoms with van der Waals surface area (Å²) in [6.45, 7) is 6.21. The second-order valence-corrected chi connectivity index (χ2v) is 8.78. The molecule has 0 aromatic heterocycles. The van der Waals surface area contributed by atoms with Crippen LogP contribution in [0.3, 0.4) is 0 Å². The maximum atomic E-state index is 13.3. The second kappa shape index (κ2) is 10.3. The van der Waals surface area contributed by atoms with Gasteiger partial charge < -0.3 is 9.47 Å². The average Bonchev–Trinajstić information content (AvgIpc) is 2.72. The molecular formula is C22H29NO4S. The molecule has 0 spiro atoms. The van der Waals surface area contributed by atoms with Gasteiger partial charge in [0.25, 0.3) is 0 Å². The normalized spacial score (nSPS) is 12.6. The van der Waals surface area contributed by atoms with Crippen molar-refractivity contribution >= 4 is 10.0 Å². The van der Waals surface area contributed by atoms with Crippen LogP contribution in [0.2, 0.25) is 0 Å². The molecule has 152 valence electrons. The zero-order chi connectivity index (χ0) is 20.6. The van der Waals surface area contributed by atoms with Crippen molar-refractivity contribution < 1.29 is 17.9 Å². The molecule has 0 saturated heterocycles. The van der Waals surface area contributed by atoms with Crippen LogP contribution in [0.25, 0.3) is 0 Å². The molecule has 2 rings (SSSR count). The summed E-state index contributed by atoms with van der Waals surface area (Å²) in [5, 5.41) is -0.485. The minimum atomic E-state index is -3.50. The van der Waals surface area contributed by atoms with Crippen LogP contribution >= 0.6 is 0 Å². The fourth-order valence-electron chi connectivity index (χ4n) is 3.00. The van der Waals surface area contributed by atoms with Crippen molar-refractivity contribution in [2.24, 2.45) is 0 Å². The Bertz CT molecular complexity index is 796. The van der Waals surface area contributed by atoms with Gasteiger partial charge in [-0.1, -0.05) is 37.3 Å².